The average Bonchev–Trinajstić information content (AvgIpc) is 3.23. The number of aromatic nitrogens is 4. The van der Waals surface area contributed by atoms with E-state index in [2.05, 4.69) is 68.8 Å². The van der Waals surface area contributed by atoms with Crippen LogP contribution in [0, 0.1) is 0 Å². The summed E-state index contributed by atoms with van der Waals surface area (Å²) in [7, 11) is 3.87. The van der Waals surface area contributed by atoms with Crippen LogP contribution >= 0.6 is 0 Å². The smallest absolute Gasteiger partial charge is 0.173 e. The third-order valence-electron chi connectivity index (χ3n) is 5.57. The van der Waals surface area contributed by atoms with Gasteiger partial charge in [0.05, 0.1) is 13.2 Å². The minimum atomic E-state index is 0.00423. The normalized spacial score (nSPS) is 16.6. The summed E-state index contributed by atoms with van der Waals surface area (Å²) in [5, 5.41) is 12.8. The van der Waals surface area contributed by atoms with Crippen molar-refractivity contribution in [1.29, 1.82) is 0 Å². The average molecular weight is 393 g/mol. The molecule has 1 aliphatic rings. The fraction of sp³-hybridized carbons (Fsp3) is 0.409. The molecule has 4 rings (SSSR count). The highest BCUT2D eigenvalue weighted by molar-refractivity contribution is 5.33. The zero-order valence-electron chi connectivity index (χ0n) is 17.1. The van der Waals surface area contributed by atoms with Crippen LogP contribution in [-0.2, 0) is 13.0 Å². The summed E-state index contributed by atoms with van der Waals surface area (Å²) in [5.41, 5.74) is 2.44. The molecule has 0 radical (unpaired) electrons. The Balaban J connectivity index is 1.63. The molecule has 7 heteroatoms. The van der Waals surface area contributed by atoms with Gasteiger partial charge in [-0.2, -0.15) is 0 Å². The maximum Gasteiger partial charge on any atom is 0.173 e. The molecule has 0 spiro atoms. The summed E-state index contributed by atoms with van der Waals surface area (Å²) in [4.78, 5) is 4.83. The molecule has 1 aromatic heterocycles. The van der Waals surface area contributed by atoms with Crippen molar-refractivity contribution in [3.8, 4) is 5.75 Å². The number of likely N-dealkylation sites (N-methyl/N-ethyl adjacent to an activating group) is 1. The summed E-state index contributed by atoms with van der Waals surface area (Å²) in [6.07, 6.45) is 0.895. The summed E-state index contributed by atoms with van der Waals surface area (Å²) < 4.78 is 7.43. The van der Waals surface area contributed by atoms with Gasteiger partial charge in [-0.05, 0) is 47.2 Å². The van der Waals surface area contributed by atoms with E-state index < -0.39 is 0 Å². The standard InChI is InChI=1S/C22H28N6O/c1-26-13-15-27(16-14-26)21(19-9-6-10-20(17-19)29-2)22-23-24-25-28(22)12-11-18-7-4-3-5-8-18/h3-10,17,21H,11-16H2,1-2H3/t21-/m1/s1. The number of nitrogens with zero attached hydrogens (tertiary/aromatic N) is 6. The Bertz CT molecular complexity index is 904. The van der Waals surface area contributed by atoms with Crippen LogP contribution in [0.15, 0.2) is 54.6 Å². The Hall–Kier alpha value is -2.77. The topological polar surface area (TPSA) is 59.3 Å². The molecular formula is C22H28N6O. The van der Waals surface area contributed by atoms with Gasteiger partial charge in [-0.1, -0.05) is 42.5 Å². The molecule has 1 saturated heterocycles. The van der Waals surface area contributed by atoms with Gasteiger partial charge in [-0.25, -0.2) is 4.68 Å². The number of ether oxygens (including phenoxy) is 1. The molecule has 3 aromatic rings. The van der Waals surface area contributed by atoms with Gasteiger partial charge in [0.2, 0.25) is 0 Å². The Kier molecular flexibility index (Phi) is 6.17. The number of hydrogen-bond donors (Lipinski definition) is 0. The summed E-state index contributed by atoms with van der Waals surface area (Å²) in [5.74, 6) is 1.74. The fourth-order valence-electron chi connectivity index (χ4n) is 3.86. The van der Waals surface area contributed by atoms with E-state index in [9.17, 15) is 0 Å². The number of aryl methyl sites for hydroxylation is 2. The highest BCUT2D eigenvalue weighted by Crippen LogP contribution is 2.30. The number of rotatable bonds is 7. The molecule has 152 valence electrons. The predicted octanol–water partition coefficient (Wildman–Crippen LogP) is 2.26. The molecule has 1 aliphatic heterocycles. The van der Waals surface area contributed by atoms with Crippen LogP contribution in [0.4, 0.5) is 0 Å². The Morgan fingerprint density at radius 1 is 1.00 bits per heavy atom. The molecule has 29 heavy (non-hydrogen) atoms. The number of methoxy groups -OCH3 is 1. The van der Waals surface area contributed by atoms with Crippen LogP contribution in [0.25, 0.3) is 0 Å². The van der Waals surface area contributed by atoms with E-state index in [1.165, 1.54) is 5.56 Å². The molecule has 0 aliphatic carbocycles. The number of hydrogen-bond acceptors (Lipinski definition) is 6. The van der Waals surface area contributed by atoms with Crippen molar-refractivity contribution in [2.24, 2.45) is 0 Å². The largest absolute Gasteiger partial charge is 0.497 e. The lowest BCUT2D eigenvalue weighted by atomic mass is 10.0. The van der Waals surface area contributed by atoms with Gasteiger partial charge >= 0.3 is 0 Å². The summed E-state index contributed by atoms with van der Waals surface area (Å²) >= 11 is 0. The lowest BCUT2D eigenvalue weighted by Gasteiger charge is -2.37. The number of benzene rings is 2. The van der Waals surface area contributed by atoms with Crippen molar-refractivity contribution in [3.05, 3.63) is 71.5 Å². The van der Waals surface area contributed by atoms with Gasteiger partial charge < -0.3 is 9.64 Å². The SMILES string of the molecule is COc1cccc([C@H](c2nnnn2CCc2ccccc2)N2CCN(C)CC2)c1. The molecule has 7 nitrogen and oxygen atoms in total. The Labute approximate surface area is 171 Å². The Morgan fingerprint density at radius 2 is 1.79 bits per heavy atom. The van der Waals surface area contributed by atoms with E-state index in [-0.39, 0.29) is 6.04 Å². The predicted molar refractivity (Wildman–Crippen MR) is 112 cm³/mol. The molecule has 0 unspecified atom stereocenters. The van der Waals surface area contributed by atoms with Gasteiger partial charge in [-0.3, -0.25) is 4.90 Å². The van der Waals surface area contributed by atoms with Crippen LogP contribution in [0.2, 0.25) is 0 Å². The zero-order chi connectivity index (χ0) is 20.1. The van der Waals surface area contributed by atoms with Gasteiger partial charge in [0.15, 0.2) is 5.82 Å². The molecule has 0 saturated carbocycles. The van der Waals surface area contributed by atoms with Crippen LogP contribution in [0.1, 0.15) is 23.0 Å². The maximum atomic E-state index is 5.48. The van der Waals surface area contributed by atoms with Crippen LogP contribution in [0.3, 0.4) is 0 Å². The van der Waals surface area contributed by atoms with E-state index >= 15 is 0 Å². The highest BCUT2D eigenvalue weighted by atomic mass is 16.5. The first-order chi connectivity index (χ1) is 14.2. The Morgan fingerprint density at radius 3 is 2.55 bits per heavy atom. The molecule has 1 fully saturated rings. The minimum Gasteiger partial charge on any atom is -0.497 e. The lowest BCUT2D eigenvalue weighted by molar-refractivity contribution is 0.121. The molecule has 1 atom stereocenters. The van der Waals surface area contributed by atoms with E-state index in [1.807, 2.05) is 22.9 Å². The van der Waals surface area contributed by atoms with E-state index in [1.54, 1.807) is 7.11 Å². The third kappa shape index (κ3) is 4.63. The molecule has 2 heterocycles. The van der Waals surface area contributed by atoms with Crippen LogP contribution in [-0.4, -0.2) is 70.3 Å². The van der Waals surface area contributed by atoms with Gasteiger partial charge in [0, 0.05) is 32.7 Å². The van der Waals surface area contributed by atoms with E-state index in [4.69, 9.17) is 4.74 Å². The molecule has 2 aromatic carbocycles. The maximum absolute atomic E-state index is 5.48. The van der Waals surface area contributed by atoms with Gasteiger partial charge in [0.25, 0.3) is 0 Å². The molecule has 0 bridgehead atoms. The van der Waals surface area contributed by atoms with E-state index in [0.717, 1.165) is 56.3 Å². The van der Waals surface area contributed by atoms with Crippen molar-refractivity contribution in [2.75, 3.05) is 40.3 Å². The second-order valence-corrected chi connectivity index (χ2v) is 7.51. The minimum absolute atomic E-state index is 0.00423. The van der Waals surface area contributed by atoms with Crippen molar-refractivity contribution in [1.82, 2.24) is 30.0 Å². The quantitative estimate of drug-likeness (QED) is 0.615. The van der Waals surface area contributed by atoms with Crippen molar-refractivity contribution < 1.29 is 4.74 Å². The van der Waals surface area contributed by atoms with Crippen LogP contribution < -0.4 is 4.74 Å². The second-order valence-electron chi connectivity index (χ2n) is 7.51. The van der Waals surface area contributed by atoms with Crippen molar-refractivity contribution in [2.45, 2.75) is 19.0 Å². The summed E-state index contributed by atoms with van der Waals surface area (Å²) in [6, 6.07) is 18.7. The molecular weight excluding hydrogens is 364 g/mol. The third-order valence-corrected chi connectivity index (χ3v) is 5.57. The van der Waals surface area contributed by atoms with E-state index in [0.29, 0.717) is 0 Å². The van der Waals surface area contributed by atoms with Crippen molar-refractivity contribution >= 4 is 0 Å². The lowest BCUT2D eigenvalue weighted by Crippen LogP contribution is -2.46. The first-order valence-corrected chi connectivity index (χ1v) is 10.1. The van der Waals surface area contributed by atoms with Gasteiger partial charge in [0.1, 0.15) is 5.75 Å². The zero-order valence-corrected chi connectivity index (χ0v) is 17.1. The van der Waals surface area contributed by atoms with Gasteiger partial charge in [-0.15, -0.1) is 5.10 Å². The first kappa shape index (κ1) is 19.5. The van der Waals surface area contributed by atoms with Crippen LogP contribution in [0.5, 0.6) is 5.75 Å². The highest BCUT2D eigenvalue weighted by Gasteiger charge is 2.30. The molecule has 0 amide bonds. The second kappa shape index (κ2) is 9.15. The number of tetrazole rings is 1. The summed E-state index contributed by atoms with van der Waals surface area (Å²) in [6.45, 7) is 4.77. The monoisotopic (exact) mass is 392 g/mol. The van der Waals surface area contributed by atoms with Crippen molar-refractivity contribution in [3.63, 3.8) is 0 Å². The fourth-order valence-corrected chi connectivity index (χ4v) is 3.86. The first-order valence-electron chi connectivity index (χ1n) is 10.1. The molecule has 0 N–H and O–H groups in total. The number of piperazine rings is 1.